The first-order valence-electron chi connectivity index (χ1n) is 13.8. The van der Waals surface area contributed by atoms with Crippen molar-refractivity contribution >= 4 is 49.2 Å². The van der Waals surface area contributed by atoms with E-state index < -0.39 is 0 Å². The molecule has 0 saturated heterocycles. The van der Waals surface area contributed by atoms with Crippen LogP contribution in [0.3, 0.4) is 0 Å². The van der Waals surface area contributed by atoms with E-state index in [0.29, 0.717) is 0 Å². The lowest BCUT2D eigenvalue weighted by Gasteiger charge is -2.08. The fourth-order valence-corrected chi connectivity index (χ4v) is 6.34. The molecule has 5 aromatic carbocycles. The summed E-state index contributed by atoms with van der Waals surface area (Å²) in [5.41, 5.74) is 9.86. The summed E-state index contributed by atoms with van der Waals surface area (Å²) in [5.74, 6) is 0.850. The smallest absolute Gasteiger partial charge is 0.161 e. The summed E-state index contributed by atoms with van der Waals surface area (Å²) in [5, 5.41) is 9.28. The van der Waals surface area contributed by atoms with Crippen molar-refractivity contribution in [1.82, 2.24) is 14.2 Å². The van der Waals surface area contributed by atoms with Crippen molar-refractivity contribution < 1.29 is 4.42 Å². The molecule has 0 atom stereocenters. The molecule has 4 heteroatoms. The van der Waals surface area contributed by atoms with E-state index in [1.165, 1.54) is 27.4 Å². The van der Waals surface area contributed by atoms with Gasteiger partial charge in [0, 0.05) is 32.8 Å². The second-order valence-electron chi connectivity index (χ2n) is 10.5. The molecule has 41 heavy (non-hydrogen) atoms. The Labute approximate surface area is 235 Å². The lowest BCUT2D eigenvalue weighted by atomic mass is 10.00. The first-order chi connectivity index (χ1) is 20.3. The Hall–Kier alpha value is -5.61. The molecule has 0 amide bonds. The number of pyridine rings is 1. The van der Waals surface area contributed by atoms with Gasteiger partial charge in [-0.1, -0.05) is 78.9 Å². The van der Waals surface area contributed by atoms with Gasteiger partial charge in [0.2, 0.25) is 0 Å². The quantitative estimate of drug-likeness (QED) is 0.230. The maximum atomic E-state index is 6.54. The van der Waals surface area contributed by atoms with Gasteiger partial charge in [-0.05, 0) is 65.7 Å². The summed E-state index contributed by atoms with van der Waals surface area (Å²) in [6.07, 6.45) is 1.83. The monoisotopic (exact) mass is 525 g/mol. The number of rotatable bonds is 3. The first kappa shape index (κ1) is 22.2. The van der Waals surface area contributed by atoms with Crippen molar-refractivity contribution in [3.05, 3.63) is 140 Å². The lowest BCUT2D eigenvalue weighted by molar-refractivity contribution is 0.633. The highest BCUT2D eigenvalue weighted by Crippen LogP contribution is 2.38. The summed E-state index contributed by atoms with van der Waals surface area (Å²) in [6, 6.07) is 47.2. The van der Waals surface area contributed by atoms with Crippen LogP contribution in [0.4, 0.5) is 0 Å². The standard InChI is InChI=1S/C37H23N3O/c1-2-11-27(12-3-1)39-32-15-6-4-13-28(32)30-22-25(17-18-33(30)39)24-9-8-10-26(21-24)36-23-31-29-14-5-7-16-34(29)40-35(19-20-38-40)37(31)41-36/h1-23H. The number of furan rings is 1. The molecule has 0 bridgehead atoms. The topological polar surface area (TPSA) is 35.4 Å². The molecule has 4 nitrogen and oxygen atoms in total. The van der Waals surface area contributed by atoms with Crippen molar-refractivity contribution in [2.24, 2.45) is 0 Å². The van der Waals surface area contributed by atoms with Gasteiger partial charge in [0.1, 0.15) is 11.3 Å². The number of hydrogen-bond acceptors (Lipinski definition) is 2. The molecule has 0 N–H and O–H groups in total. The van der Waals surface area contributed by atoms with Crippen LogP contribution in [-0.2, 0) is 0 Å². The lowest BCUT2D eigenvalue weighted by Crippen LogP contribution is -1.92. The van der Waals surface area contributed by atoms with Gasteiger partial charge in [-0.3, -0.25) is 0 Å². The molecule has 0 radical (unpaired) electrons. The minimum absolute atomic E-state index is 0.850. The molecular formula is C37H23N3O. The molecule has 0 aliphatic heterocycles. The molecule has 0 spiro atoms. The zero-order valence-electron chi connectivity index (χ0n) is 22.0. The molecule has 0 aliphatic rings. The third kappa shape index (κ3) is 3.25. The number of nitrogens with zero attached hydrogens (tertiary/aromatic N) is 3. The minimum Gasteiger partial charge on any atom is -0.454 e. The first-order valence-corrected chi connectivity index (χ1v) is 13.8. The van der Waals surface area contributed by atoms with Crippen LogP contribution in [-0.4, -0.2) is 14.2 Å². The van der Waals surface area contributed by atoms with Gasteiger partial charge >= 0.3 is 0 Å². The summed E-state index contributed by atoms with van der Waals surface area (Å²) in [4.78, 5) is 0. The Morgan fingerprint density at radius 3 is 2.05 bits per heavy atom. The molecule has 0 aliphatic carbocycles. The molecule has 4 aromatic heterocycles. The average molecular weight is 526 g/mol. The van der Waals surface area contributed by atoms with Gasteiger partial charge in [0.25, 0.3) is 0 Å². The highest BCUT2D eigenvalue weighted by Gasteiger charge is 2.16. The van der Waals surface area contributed by atoms with E-state index in [2.05, 4.69) is 131 Å². The molecular weight excluding hydrogens is 502 g/mol. The highest BCUT2D eigenvalue weighted by atomic mass is 16.3. The van der Waals surface area contributed by atoms with E-state index in [0.717, 1.165) is 50.0 Å². The van der Waals surface area contributed by atoms with Crippen LogP contribution < -0.4 is 0 Å². The van der Waals surface area contributed by atoms with Gasteiger partial charge in [0.15, 0.2) is 5.58 Å². The molecule has 4 heterocycles. The Balaban J connectivity index is 1.21. The number of benzene rings is 5. The van der Waals surface area contributed by atoms with Crippen molar-refractivity contribution in [2.45, 2.75) is 0 Å². The maximum Gasteiger partial charge on any atom is 0.161 e. The molecule has 9 aromatic rings. The van der Waals surface area contributed by atoms with E-state index in [4.69, 9.17) is 4.42 Å². The van der Waals surface area contributed by atoms with Crippen LogP contribution in [0.5, 0.6) is 0 Å². The Bertz CT molecular complexity index is 2420. The van der Waals surface area contributed by atoms with Crippen molar-refractivity contribution in [1.29, 1.82) is 0 Å². The van der Waals surface area contributed by atoms with Gasteiger partial charge in [0.05, 0.1) is 22.7 Å². The average Bonchev–Trinajstić information content (AvgIpc) is 3.78. The summed E-state index contributed by atoms with van der Waals surface area (Å²) in [6.45, 7) is 0. The fourth-order valence-electron chi connectivity index (χ4n) is 6.34. The number of para-hydroxylation sites is 3. The van der Waals surface area contributed by atoms with Gasteiger partial charge in [-0.25, -0.2) is 4.52 Å². The Kier molecular flexibility index (Phi) is 4.58. The van der Waals surface area contributed by atoms with Gasteiger partial charge in [-0.2, -0.15) is 5.10 Å². The van der Waals surface area contributed by atoms with Crippen molar-refractivity contribution in [2.75, 3.05) is 0 Å². The normalized spacial score (nSPS) is 11.9. The Morgan fingerprint density at radius 2 is 1.17 bits per heavy atom. The maximum absolute atomic E-state index is 6.54. The minimum atomic E-state index is 0.850. The van der Waals surface area contributed by atoms with E-state index >= 15 is 0 Å². The van der Waals surface area contributed by atoms with Gasteiger partial charge in [-0.15, -0.1) is 0 Å². The summed E-state index contributed by atoms with van der Waals surface area (Å²) >= 11 is 0. The van der Waals surface area contributed by atoms with Crippen LogP contribution in [0.15, 0.2) is 144 Å². The predicted octanol–water partition coefficient (Wildman–Crippen LogP) is 9.66. The number of hydrogen-bond donors (Lipinski definition) is 0. The highest BCUT2D eigenvalue weighted by molar-refractivity contribution is 6.12. The molecule has 9 rings (SSSR count). The third-order valence-corrected chi connectivity index (χ3v) is 8.20. The second kappa shape index (κ2) is 8.44. The van der Waals surface area contributed by atoms with E-state index in [9.17, 15) is 0 Å². The SMILES string of the molecule is c1ccc(-n2c3ccccc3c3cc(-c4cccc(-c5cc6c7ccccc7n7nccc7c6o5)c4)ccc32)cc1. The van der Waals surface area contributed by atoms with Gasteiger partial charge < -0.3 is 8.98 Å². The van der Waals surface area contributed by atoms with Crippen molar-refractivity contribution in [3.8, 4) is 28.1 Å². The summed E-state index contributed by atoms with van der Waals surface area (Å²) < 4.78 is 10.8. The largest absolute Gasteiger partial charge is 0.454 e. The molecule has 0 saturated carbocycles. The predicted molar refractivity (Wildman–Crippen MR) is 168 cm³/mol. The second-order valence-corrected chi connectivity index (χ2v) is 10.5. The van der Waals surface area contributed by atoms with Crippen LogP contribution in [0.2, 0.25) is 0 Å². The molecule has 192 valence electrons. The van der Waals surface area contributed by atoms with E-state index in [1.54, 1.807) is 0 Å². The number of aromatic nitrogens is 3. The Morgan fingerprint density at radius 1 is 0.463 bits per heavy atom. The molecule has 0 fully saturated rings. The van der Waals surface area contributed by atoms with Crippen molar-refractivity contribution in [3.63, 3.8) is 0 Å². The van der Waals surface area contributed by atoms with E-state index in [1.807, 2.05) is 22.8 Å². The van der Waals surface area contributed by atoms with Crippen LogP contribution in [0.25, 0.3) is 77.3 Å². The van der Waals surface area contributed by atoms with Crippen LogP contribution in [0, 0.1) is 0 Å². The van der Waals surface area contributed by atoms with E-state index in [-0.39, 0.29) is 0 Å². The fraction of sp³-hybridized carbons (Fsp3) is 0. The molecule has 0 unspecified atom stereocenters. The third-order valence-electron chi connectivity index (χ3n) is 8.20. The number of fused-ring (bicyclic) bond motifs is 9. The van der Waals surface area contributed by atoms with Crippen LogP contribution in [0.1, 0.15) is 0 Å². The zero-order valence-corrected chi connectivity index (χ0v) is 22.0. The van der Waals surface area contributed by atoms with Crippen LogP contribution >= 0.6 is 0 Å². The zero-order chi connectivity index (χ0) is 26.9. The summed E-state index contributed by atoms with van der Waals surface area (Å²) in [7, 11) is 0.